The SMILES string of the molecule is COc1ccccc1N=C([O-])c1cc2ccccc2c(N=Nc2cc(S(=O)(=O)O)cc(Cl)c2C)c1[O-].COc1ccccc1NC(=O)c1cc2ccccc2c(N=Nc2cc(S(=O)(=O)O)cc(Cl)c2C)c1O.[Ca+2]. The van der Waals surface area contributed by atoms with Crippen molar-refractivity contribution in [1.82, 2.24) is 0 Å². The molecule has 0 aromatic heterocycles. The van der Waals surface area contributed by atoms with Gasteiger partial charge >= 0.3 is 37.7 Å². The number of aliphatic imine (C=N–C) groups is 1. The van der Waals surface area contributed by atoms with Crippen molar-refractivity contribution in [2.45, 2.75) is 23.6 Å². The van der Waals surface area contributed by atoms with Crippen LogP contribution in [0.4, 0.5) is 34.1 Å². The van der Waals surface area contributed by atoms with Gasteiger partial charge in [0.2, 0.25) is 0 Å². The van der Waals surface area contributed by atoms with Crippen molar-refractivity contribution in [1.29, 1.82) is 0 Å². The van der Waals surface area contributed by atoms with Crippen molar-refractivity contribution in [2.75, 3.05) is 19.5 Å². The summed E-state index contributed by atoms with van der Waals surface area (Å²) < 4.78 is 75.6. The number of phenols is 1. The number of phenolic OH excluding ortho intramolecular Hbond substituents is 1. The van der Waals surface area contributed by atoms with Crippen LogP contribution in [0.5, 0.6) is 23.0 Å². The number of carbonyl (C=O) groups excluding carboxylic acids is 1. The molecule has 4 N–H and O–H groups in total. The van der Waals surface area contributed by atoms with Crippen LogP contribution in [-0.2, 0) is 20.2 Å². The van der Waals surface area contributed by atoms with Crippen molar-refractivity contribution in [3.05, 3.63) is 166 Å². The minimum Gasteiger partial charge on any atom is -0.871 e. The maximum Gasteiger partial charge on any atom is 2.00 e. The summed E-state index contributed by atoms with van der Waals surface area (Å²) in [6, 6.07) is 34.5. The zero-order chi connectivity index (χ0) is 52.1. The summed E-state index contributed by atoms with van der Waals surface area (Å²) in [5, 5.41) is 58.6. The molecule has 0 saturated carbocycles. The van der Waals surface area contributed by atoms with E-state index >= 15 is 0 Å². The fourth-order valence-electron chi connectivity index (χ4n) is 6.98. The summed E-state index contributed by atoms with van der Waals surface area (Å²) in [6.07, 6.45) is 0. The summed E-state index contributed by atoms with van der Waals surface area (Å²) in [5.74, 6) is -1.73. The number of para-hydroxylation sites is 4. The predicted molar refractivity (Wildman–Crippen MR) is 275 cm³/mol. The van der Waals surface area contributed by atoms with Crippen LogP contribution in [0.2, 0.25) is 10.0 Å². The monoisotopic (exact) mass is 1090 g/mol. The Hall–Kier alpha value is -6.72. The van der Waals surface area contributed by atoms with Gasteiger partial charge in [0.1, 0.15) is 22.9 Å². The first-order valence-corrected chi connectivity index (χ1v) is 24.5. The van der Waals surface area contributed by atoms with Crippen LogP contribution in [0.1, 0.15) is 27.0 Å². The largest absolute Gasteiger partial charge is 2.00 e. The molecule has 0 aliphatic carbocycles. The Morgan fingerprint density at radius 2 is 1.05 bits per heavy atom. The second-order valence-corrected chi connectivity index (χ2v) is 19.0. The number of halogens is 2. The minimum absolute atomic E-state index is 0. The van der Waals surface area contributed by atoms with Gasteiger partial charge in [-0.05, 0) is 108 Å². The number of hydrogen-bond donors (Lipinski definition) is 4. The van der Waals surface area contributed by atoms with E-state index in [9.17, 15) is 46.1 Å². The summed E-state index contributed by atoms with van der Waals surface area (Å²) >= 11 is 12.2. The maximum absolute atomic E-state index is 13.3. The molecule has 73 heavy (non-hydrogen) atoms. The molecule has 0 radical (unpaired) electrons. The van der Waals surface area contributed by atoms with Crippen molar-refractivity contribution in [2.24, 2.45) is 25.4 Å². The van der Waals surface area contributed by atoms with Crippen LogP contribution in [0, 0.1) is 13.8 Å². The van der Waals surface area contributed by atoms with Crippen LogP contribution < -0.4 is 25.0 Å². The van der Waals surface area contributed by atoms with Gasteiger partial charge in [0.25, 0.3) is 26.1 Å². The van der Waals surface area contributed by atoms with Crippen LogP contribution in [0.3, 0.4) is 0 Å². The first-order chi connectivity index (χ1) is 34.2. The third-order valence-corrected chi connectivity index (χ3v) is 13.2. The van der Waals surface area contributed by atoms with E-state index in [2.05, 4.69) is 30.8 Å². The van der Waals surface area contributed by atoms with Crippen LogP contribution in [0.25, 0.3) is 21.5 Å². The number of nitrogens with one attached hydrogen (secondary N) is 1. The number of azo groups is 2. The molecule has 8 aromatic carbocycles. The molecule has 18 nitrogen and oxygen atoms in total. The molecule has 8 aromatic rings. The maximum atomic E-state index is 13.3. The molecular formula is C50H38CaCl2N6O12S2. The van der Waals surface area contributed by atoms with Gasteiger partial charge in [-0.15, -0.1) is 5.11 Å². The smallest absolute Gasteiger partial charge is 0.871 e. The van der Waals surface area contributed by atoms with Gasteiger partial charge in [-0.25, -0.2) is 0 Å². The van der Waals surface area contributed by atoms with E-state index in [4.69, 9.17) is 32.7 Å². The topological polar surface area (TPSA) is 284 Å². The second-order valence-electron chi connectivity index (χ2n) is 15.4. The molecule has 0 heterocycles. The predicted octanol–water partition coefficient (Wildman–Crippen LogP) is 11.0. The molecule has 0 bridgehead atoms. The first-order valence-electron chi connectivity index (χ1n) is 20.9. The minimum atomic E-state index is -4.56. The Morgan fingerprint density at radius 3 is 1.59 bits per heavy atom. The van der Waals surface area contributed by atoms with Gasteiger partial charge < -0.3 is 30.1 Å². The summed E-state index contributed by atoms with van der Waals surface area (Å²) in [5.41, 5.74) is 1.10. The zero-order valence-electron chi connectivity index (χ0n) is 38.7. The number of carbonyl (C=O) groups is 1. The first kappa shape index (κ1) is 55.6. The average molecular weight is 1090 g/mol. The number of hydrogen-bond acceptors (Lipinski definition) is 15. The molecular weight excluding hydrogens is 1050 g/mol. The number of methoxy groups -OCH3 is 2. The van der Waals surface area contributed by atoms with Crippen LogP contribution in [0.15, 0.2) is 169 Å². The van der Waals surface area contributed by atoms with Crippen molar-refractivity contribution in [3.8, 4) is 23.0 Å². The third-order valence-electron chi connectivity index (χ3n) is 10.8. The Kier molecular flexibility index (Phi) is 17.8. The molecule has 368 valence electrons. The van der Waals surface area contributed by atoms with Crippen molar-refractivity contribution < 1.29 is 55.5 Å². The number of fused-ring (bicyclic) bond motifs is 2. The molecule has 1 amide bonds. The Bertz CT molecular complexity index is 3790. The number of benzene rings is 8. The Labute approximate surface area is 457 Å². The molecule has 0 aliphatic rings. The number of rotatable bonds is 12. The molecule has 0 unspecified atom stereocenters. The van der Waals surface area contributed by atoms with Gasteiger partial charge in [0.15, 0.2) is 5.75 Å². The standard InChI is InChI=1S/2C25H20ClN3O6S.Ca/c2*1-14-19(26)12-16(36(32,33)34)13-21(14)28-29-23-17-8-4-3-7-15(17)11-18(24(23)30)25(31)27-20-9-5-6-10-22(20)35-2;/h2*3-13,30H,1-2H3,(H,27,31)(H,32,33,34);/q;;+2/p-2. The van der Waals surface area contributed by atoms with Crippen LogP contribution in [-0.4, -0.2) is 94.8 Å². The quantitative estimate of drug-likeness (QED) is 0.0292. The normalized spacial score (nSPS) is 11.9. The van der Waals surface area contributed by atoms with E-state index in [0.717, 1.165) is 24.3 Å². The third kappa shape index (κ3) is 12.7. The van der Waals surface area contributed by atoms with E-state index in [0.29, 0.717) is 49.9 Å². The number of aromatic hydroxyl groups is 1. The molecule has 0 aliphatic heterocycles. The van der Waals surface area contributed by atoms with Crippen molar-refractivity contribution in [3.63, 3.8) is 0 Å². The number of amides is 1. The summed E-state index contributed by atoms with van der Waals surface area (Å²) in [6.45, 7) is 3.17. The summed E-state index contributed by atoms with van der Waals surface area (Å²) in [4.78, 5) is 16.2. The summed E-state index contributed by atoms with van der Waals surface area (Å²) in [7, 11) is -6.18. The van der Waals surface area contributed by atoms with E-state index in [1.807, 2.05) is 0 Å². The fourth-order valence-corrected chi connectivity index (χ4v) is 8.60. The van der Waals surface area contributed by atoms with E-state index in [-0.39, 0.29) is 87.3 Å². The van der Waals surface area contributed by atoms with E-state index < -0.39 is 53.3 Å². The van der Waals surface area contributed by atoms with Gasteiger partial charge in [-0.3, -0.25) is 18.9 Å². The molecule has 23 heteroatoms. The number of ether oxygens (including phenoxy) is 2. The second kappa shape index (κ2) is 23.4. The average Bonchev–Trinajstić information content (AvgIpc) is 3.35. The molecule has 8 rings (SSSR count). The van der Waals surface area contributed by atoms with Gasteiger partial charge in [-0.1, -0.05) is 102 Å². The van der Waals surface area contributed by atoms with Gasteiger partial charge in [0, 0.05) is 20.8 Å². The Balaban J connectivity index is 0.000000235. The van der Waals surface area contributed by atoms with E-state index in [1.165, 1.54) is 26.4 Å². The van der Waals surface area contributed by atoms with E-state index in [1.54, 1.807) is 111 Å². The van der Waals surface area contributed by atoms with Crippen molar-refractivity contribution >= 4 is 149 Å². The fraction of sp³-hybridized carbons (Fsp3) is 0.0800. The molecule has 0 atom stereocenters. The zero-order valence-corrected chi connectivity index (χ0v) is 44.1. The van der Waals surface area contributed by atoms with Crippen LogP contribution >= 0.6 is 23.2 Å². The number of anilines is 1. The van der Waals surface area contributed by atoms with Gasteiger partial charge in [0.05, 0.1) is 52.3 Å². The number of nitrogens with zero attached hydrogens (tertiary/aromatic N) is 5. The van der Waals surface area contributed by atoms with Gasteiger partial charge in [-0.2, -0.15) is 32.2 Å². The molecule has 0 spiro atoms. The Morgan fingerprint density at radius 1 is 0.603 bits per heavy atom. The molecule has 0 saturated heterocycles. The molecule has 0 fully saturated rings.